The van der Waals surface area contributed by atoms with Gasteiger partial charge in [0, 0.05) is 6.08 Å². The molecule has 0 aliphatic heterocycles. The standard InChI is InChI=1S/C4H6O2.C2H7O5P/c1-3-4(5)6-2;1-2-6-7-8(3,4)5/h3H,1H2,2H3;2H2,1H3,(H2,3,4,5). The van der Waals surface area contributed by atoms with Crippen LogP contribution in [0.15, 0.2) is 12.7 Å². The van der Waals surface area contributed by atoms with E-state index in [1.165, 1.54) is 7.11 Å². The molecule has 0 saturated heterocycles. The maximum absolute atomic E-state index is 9.84. The highest BCUT2D eigenvalue weighted by molar-refractivity contribution is 7.46. The number of methoxy groups -OCH3 is 1. The van der Waals surface area contributed by atoms with Gasteiger partial charge in [0.2, 0.25) is 0 Å². The second-order valence-corrected chi connectivity index (χ2v) is 2.83. The Balaban J connectivity index is 0. The van der Waals surface area contributed by atoms with Crippen LogP contribution in [0.4, 0.5) is 0 Å². The fourth-order valence-electron chi connectivity index (χ4n) is 0.205. The number of carbonyl (C=O) groups excluding carboxylic acids is 1. The monoisotopic (exact) mass is 228 g/mol. The summed E-state index contributed by atoms with van der Waals surface area (Å²) in [4.78, 5) is 29.6. The molecule has 0 aliphatic carbocycles. The van der Waals surface area contributed by atoms with Crippen LogP contribution >= 0.6 is 7.82 Å². The van der Waals surface area contributed by atoms with Crippen molar-refractivity contribution in [2.45, 2.75) is 6.92 Å². The van der Waals surface area contributed by atoms with Crippen LogP contribution in [0.25, 0.3) is 0 Å². The minimum atomic E-state index is -4.40. The molecule has 14 heavy (non-hydrogen) atoms. The van der Waals surface area contributed by atoms with Crippen molar-refractivity contribution in [3.63, 3.8) is 0 Å². The predicted molar refractivity (Wildman–Crippen MR) is 47.0 cm³/mol. The van der Waals surface area contributed by atoms with Crippen molar-refractivity contribution in [1.82, 2.24) is 0 Å². The third-order valence-electron chi connectivity index (χ3n) is 0.636. The lowest BCUT2D eigenvalue weighted by molar-refractivity contribution is -0.217. The van der Waals surface area contributed by atoms with Crippen molar-refractivity contribution < 1.29 is 33.4 Å². The van der Waals surface area contributed by atoms with E-state index in [1.54, 1.807) is 6.92 Å². The number of carbonyl (C=O) groups is 1. The lowest BCUT2D eigenvalue weighted by Crippen LogP contribution is -1.91. The van der Waals surface area contributed by atoms with Crippen molar-refractivity contribution in [2.24, 2.45) is 0 Å². The Bertz CT molecular complexity index is 208. The Morgan fingerprint density at radius 3 is 2.14 bits per heavy atom. The summed E-state index contributed by atoms with van der Waals surface area (Å²) >= 11 is 0. The van der Waals surface area contributed by atoms with Crippen LogP contribution in [0, 0.1) is 0 Å². The van der Waals surface area contributed by atoms with E-state index in [2.05, 4.69) is 20.9 Å². The molecule has 0 radical (unpaired) electrons. The summed E-state index contributed by atoms with van der Waals surface area (Å²) in [6.07, 6.45) is 1.11. The summed E-state index contributed by atoms with van der Waals surface area (Å²) in [6, 6.07) is 0. The van der Waals surface area contributed by atoms with Crippen LogP contribution < -0.4 is 0 Å². The molecule has 0 bridgehead atoms. The maximum atomic E-state index is 9.84. The van der Waals surface area contributed by atoms with Crippen LogP contribution in [-0.2, 0) is 23.7 Å². The Morgan fingerprint density at radius 2 is 2.07 bits per heavy atom. The highest BCUT2D eigenvalue weighted by Gasteiger charge is 2.13. The van der Waals surface area contributed by atoms with Gasteiger partial charge in [0.1, 0.15) is 0 Å². The molecule has 0 heterocycles. The van der Waals surface area contributed by atoms with Gasteiger partial charge in [0.05, 0.1) is 13.7 Å². The molecule has 0 aromatic carbocycles. The Kier molecular flexibility index (Phi) is 9.96. The third kappa shape index (κ3) is 17.4. The SMILES string of the molecule is C=CC(=O)OC.CCOOP(=O)(O)O. The van der Waals surface area contributed by atoms with Gasteiger partial charge >= 0.3 is 13.8 Å². The number of hydrogen-bond donors (Lipinski definition) is 2. The Hall–Kier alpha value is -0.720. The molecule has 0 fully saturated rings. The summed E-state index contributed by atoms with van der Waals surface area (Å²) in [5.74, 6) is -0.394. The van der Waals surface area contributed by atoms with Gasteiger partial charge in [-0.25, -0.2) is 14.2 Å². The lowest BCUT2D eigenvalue weighted by Gasteiger charge is -1.99. The molecule has 2 N–H and O–H groups in total. The second-order valence-electron chi connectivity index (χ2n) is 1.70. The molecule has 0 unspecified atom stereocenters. The van der Waals surface area contributed by atoms with Crippen molar-refractivity contribution in [3.05, 3.63) is 12.7 Å². The highest BCUT2D eigenvalue weighted by Crippen LogP contribution is 2.35. The first-order valence-corrected chi connectivity index (χ1v) is 4.97. The van der Waals surface area contributed by atoms with Gasteiger partial charge in [-0.3, -0.25) is 0 Å². The average molecular weight is 228 g/mol. The van der Waals surface area contributed by atoms with Crippen LogP contribution in [0.1, 0.15) is 6.92 Å². The molecule has 0 amide bonds. The van der Waals surface area contributed by atoms with Gasteiger partial charge in [-0.05, 0) is 6.92 Å². The van der Waals surface area contributed by atoms with Crippen molar-refractivity contribution >= 4 is 13.8 Å². The predicted octanol–water partition coefficient (Wildman–Crippen LogP) is 0.393. The van der Waals surface area contributed by atoms with Gasteiger partial charge in [0.15, 0.2) is 0 Å². The first-order valence-electron chi connectivity index (χ1n) is 3.44. The fourth-order valence-corrected chi connectivity index (χ4v) is 0.447. The highest BCUT2D eigenvalue weighted by atomic mass is 31.2. The smallest absolute Gasteiger partial charge is 0.466 e. The minimum Gasteiger partial charge on any atom is -0.466 e. The summed E-state index contributed by atoms with van der Waals surface area (Å²) in [5.41, 5.74) is 0. The second kappa shape index (κ2) is 8.86. The number of phosphoric acid groups is 1. The Labute approximate surface area is 81.4 Å². The number of esters is 1. The first-order chi connectivity index (χ1) is 6.37. The molecule has 0 aromatic rings. The summed E-state index contributed by atoms with van der Waals surface area (Å²) in [7, 11) is -3.09. The molecule has 8 heteroatoms. The Morgan fingerprint density at radius 1 is 1.57 bits per heavy atom. The number of hydrogen-bond acceptors (Lipinski definition) is 5. The molecule has 0 saturated carbocycles. The quantitative estimate of drug-likeness (QED) is 0.236. The zero-order valence-electron chi connectivity index (χ0n) is 7.87. The molecule has 84 valence electrons. The molecule has 0 spiro atoms. The van der Waals surface area contributed by atoms with E-state index >= 15 is 0 Å². The van der Waals surface area contributed by atoms with E-state index in [9.17, 15) is 9.36 Å². The molecular formula is C6H13O7P. The minimum absolute atomic E-state index is 0.116. The third-order valence-corrected chi connectivity index (χ3v) is 0.935. The van der Waals surface area contributed by atoms with Crippen LogP contribution in [0.2, 0.25) is 0 Å². The van der Waals surface area contributed by atoms with E-state index in [-0.39, 0.29) is 6.61 Å². The maximum Gasteiger partial charge on any atom is 0.496 e. The molecule has 7 nitrogen and oxygen atoms in total. The molecule has 0 rings (SSSR count). The number of ether oxygens (including phenoxy) is 1. The van der Waals surface area contributed by atoms with E-state index in [4.69, 9.17) is 9.79 Å². The first kappa shape index (κ1) is 15.7. The largest absolute Gasteiger partial charge is 0.496 e. The van der Waals surface area contributed by atoms with Crippen molar-refractivity contribution in [2.75, 3.05) is 13.7 Å². The molecule has 0 aromatic heterocycles. The normalized spacial score (nSPS) is 9.71. The van der Waals surface area contributed by atoms with Crippen LogP contribution in [0.3, 0.4) is 0 Å². The zero-order valence-corrected chi connectivity index (χ0v) is 8.77. The van der Waals surface area contributed by atoms with E-state index in [0.717, 1.165) is 6.08 Å². The summed E-state index contributed by atoms with van der Waals surface area (Å²) in [5, 5.41) is 0. The van der Waals surface area contributed by atoms with Gasteiger partial charge in [-0.1, -0.05) is 6.58 Å². The van der Waals surface area contributed by atoms with Gasteiger partial charge in [-0.2, -0.15) is 0 Å². The summed E-state index contributed by atoms with van der Waals surface area (Å²) in [6.45, 7) is 4.82. The topological polar surface area (TPSA) is 102 Å². The van der Waals surface area contributed by atoms with Crippen LogP contribution in [-0.4, -0.2) is 29.5 Å². The van der Waals surface area contributed by atoms with Crippen LogP contribution in [0.5, 0.6) is 0 Å². The molecular weight excluding hydrogens is 215 g/mol. The van der Waals surface area contributed by atoms with E-state index in [0.29, 0.717) is 0 Å². The number of rotatable bonds is 4. The zero-order chi connectivity index (χ0) is 11.6. The van der Waals surface area contributed by atoms with E-state index < -0.39 is 13.8 Å². The van der Waals surface area contributed by atoms with Gasteiger partial charge in [-0.15, -0.1) is 4.67 Å². The van der Waals surface area contributed by atoms with E-state index in [1.807, 2.05) is 0 Å². The van der Waals surface area contributed by atoms with Crippen molar-refractivity contribution in [1.29, 1.82) is 0 Å². The lowest BCUT2D eigenvalue weighted by atomic mass is 10.7. The average Bonchev–Trinajstić information content (AvgIpc) is 2.13. The molecule has 0 atom stereocenters. The fraction of sp³-hybridized carbons (Fsp3) is 0.500. The van der Waals surface area contributed by atoms with Crippen molar-refractivity contribution in [3.8, 4) is 0 Å². The molecule has 0 aliphatic rings. The van der Waals surface area contributed by atoms with Gasteiger partial charge < -0.3 is 14.5 Å². The van der Waals surface area contributed by atoms with Gasteiger partial charge in [0.25, 0.3) is 0 Å². The summed E-state index contributed by atoms with van der Waals surface area (Å²) < 4.78 is 17.4.